The highest BCUT2D eigenvalue weighted by Gasteiger charge is 2.42. The summed E-state index contributed by atoms with van der Waals surface area (Å²) >= 11 is 1.49. The van der Waals surface area contributed by atoms with Gasteiger partial charge in [-0.1, -0.05) is 12.1 Å². The Balaban J connectivity index is 1.66. The van der Waals surface area contributed by atoms with E-state index < -0.39 is 34.9 Å². The molecular weight excluding hydrogens is 412 g/mol. The third-order valence-electron chi connectivity index (χ3n) is 4.58. The maximum Gasteiger partial charge on any atom is 0.282 e. The Morgan fingerprint density at radius 1 is 1.20 bits per heavy atom. The standard InChI is InChI=1S/C19H18N4O6S/c1-2-21(10-15(24)20-9-12-5-4-8-30-12)16(25)11-22-18(26)13-6-3-7-14(23(28)29)17(13)19(22)27/h3-8H,2,9-11H2,1H3,(H,20,24). The Labute approximate surface area is 175 Å². The minimum Gasteiger partial charge on any atom is -0.350 e. The maximum atomic E-state index is 12.6. The van der Waals surface area contributed by atoms with Crippen LogP contribution < -0.4 is 5.32 Å². The number of carbonyl (C=O) groups is 4. The molecule has 0 spiro atoms. The first-order chi connectivity index (χ1) is 14.3. The lowest BCUT2D eigenvalue weighted by atomic mass is 10.1. The number of nitro groups is 1. The highest BCUT2D eigenvalue weighted by atomic mass is 32.1. The molecule has 0 radical (unpaired) electrons. The molecule has 2 heterocycles. The molecule has 156 valence electrons. The fraction of sp³-hybridized carbons (Fsp3) is 0.263. The first-order valence-electron chi connectivity index (χ1n) is 9.04. The topological polar surface area (TPSA) is 130 Å². The molecule has 0 fully saturated rings. The first kappa shape index (κ1) is 21.1. The molecule has 11 heteroatoms. The first-order valence-corrected chi connectivity index (χ1v) is 9.91. The van der Waals surface area contributed by atoms with Gasteiger partial charge >= 0.3 is 0 Å². The van der Waals surface area contributed by atoms with Crippen molar-refractivity contribution in [1.82, 2.24) is 15.1 Å². The van der Waals surface area contributed by atoms with Crippen LogP contribution in [0.2, 0.25) is 0 Å². The molecule has 0 bridgehead atoms. The van der Waals surface area contributed by atoms with Gasteiger partial charge in [0.25, 0.3) is 17.5 Å². The van der Waals surface area contributed by atoms with Gasteiger partial charge in [0.15, 0.2) is 0 Å². The SMILES string of the molecule is CCN(CC(=O)NCc1cccs1)C(=O)CN1C(=O)c2cccc([N+](=O)[O-])c2C1=O. The number of nitrogens with one attached hydrogen (secondary N) is 1. The number of carbonyl (C=O) groups excluding carboxylic acids is 4. The molecule has 30 heavy (non-hydrogen) atoms. The number of nitro benzene ring substituents is 1. The van der Waals surface area contributed by atoms with E-state index in [4.69, 9.17) is 0 Å². The van der Waals surface area contributed by atoms with Crippen molar-refractivity contribution in [2.75, 3.05) is 19.6 Å². The van der Waals surface area contributed by atoms with Crippen LogP contribution in [0.5, 0.6) is 0 Å². The van der Waals surface area contributed by atoms with Gasteiger partial charge in [-0.2, -0.15) is 0 Å². The van der Waals surface area contributed by atoms with E-state index in [1.54, 1.807) is 6.92 Å². The number of hydrogen-bond acceptors (Lipinski definition) is 7. The summed E-state index contributed by atoms with van der Waals surface area (Å²) in [5, 5.41) is 15.8. The number of imide groups is 1. The predicted octanol–water partition coefficient (Wildman–Crippen LogP) is 1.42. The zero-order valence-electron chi connectivity index (χ0n) is 16.0. The summed E-state index contributed by atoms with van der Waals surface area (Å²) in [5.74, 6) is -2.66. The van der Waals surface area contributed by atoms with Crippen molar-refractivity contribution < 1.29 is 24.1 Å². The number of fused-ring (bicyclic) bond motifs is 1. The molecule has 3 rings (SSSR count). The van der Waals surface area contributed by atoms with Crippen molar-refractivity contribution in [2.45, 2.75) is 13.5 Å². The number of thiophene rings is 1. The highest BCUT2D eigenvalue weighted by molar-refractivity contribution is 7.09. The third-order valence-corrected chi connectivity index (χ3v) is 5.45. The number of benzene rings is 1. The van der Waals surface area contributed by atoms with Crippen LogP contribution in [0.15, 0.2) is 35.7 Å². The summed E-state index contributed by atoms with van der Waals surface area (Å²) in [5.41, 5.74) is -0.920. The van der Waals surface area contributed by atoms with Crippen LogP contribution in [0.3, 0.4) is 0 Å². The normalized spacial score (nSPS) is 12.6. The van der Waals surface area contributed by atoms with Crippen molar-refractivity contribution in [3.63, 3.8) is 0 Å². The number of nitrogens with zero attached hydrogens (tertiary/aromatic N) is 3. The molecule has 0 saturated heterocycles. The molecule has 1 aromatic carbocycles. The third kappa shape index (κ3) is 4.20. The minimum absolute atomic E-state index is 0.112. The van der Waals surface area contributed by atoms with Gasteiger partial charge in [0.1, 0.15) is 12.1 Å². The Bertz CT molecular complexity index is 1020. The largest absolute Gasteiger partial charge is 0.350 e. The molecule has 1 N–H and O–H groups in total. The van der Waals surface area contributed by atoms with Gasteiger partial charge < -0.3 is 10.2 Å². The molecule has 10 nitrogen and oxygen atoms in total. The lowest BCUT2D eigenvalue weighted by Crippen LogP contribution is -2.46. The average Bonchev–Trinajstić information content (AvgIpc) is 3.33. The number of hydrogen-bond donors (Lipinski definition) is 1. The minimum atomic E-state index is -0.895. The Morgan fingerprint density at radius 3 is 2.60 bits per heavy atom. The van der Waals surface area contributed by atoms with Crippen molar-refractivity contribution >= 4 is 40.7 Å². The van der Waals surface area contributed by atoms with Crippen molar-refractivity contribution in [1.29, 1.82) is 0 Å². The van der Waals surface area contributed by atoms with Crippen LogP contribution >= 0.6 is 11.3 Å². The molecular formula is C19H18N4O6S. The summed E-state index contributed by atoms with van der Waals surface area (Å²) in [6.45, 7) is 1.36. The molecule has 0 aliphatic carbocycles. The fourth-order valence-corrected chi connectivity index (χ4v) is 3.70. The van der Waals surface area contributed by atoms with Gasteiger partial charge in [-0.3, -0.25) is 34.2 Å². The lowest BCUT2D eigenvalue weighted by Gasteiger charge is -2.23. The van der Waals surface area contributed by atoms with Crippen LogP contribution in [0, 0.1) is 10.1 Å². The van der Waals surface area contributed by atoms with E-state index in [-0.39, 0.29) is 30.1 Å². The van der Waals surface area contributed by atoms with Crippen LogP contribution in [0.1, 0.15) is 32.5 Å². The van der Waals surface area contributed by atoms with Crippen molar-refractivity contribution in [3.8, 4) is 0 Å². The maximum absolute atomic E-state index is 12.6. The molecule has 0 saturated carbocycles. The van der Waals surface area contributed by atoms with Crippen LogP contribution in [0.25, 0.3) is 0 Å². The van der Waals surface area contributed by atoms with Gasteiger partial charge in [0.05, 0.1) is 23.6 Å². The second-order valence-corrected chi connectivity index (χ2v) is 7.45. The summed E-state index contributed by atoms with van der Waals surface area (Å²) in [4.78, 5) is 63.2. The van der Waals surface area contributed by atoms with Crippen LogP contribution in [0.4, 0.5) is 5.69 Å². The predicted molar refractivity (Wildman–Crippen MR) is 107 cm³/mol. The Hall–Kier alpha value is -3.60. The summed E-state index contributed by atoms with van der Waals surface area (Å²) in [7, 11) is 0. The summed E-state index contributed by atoms with van der Waals surface area (Å²) in [6, 6.07) is 7.48. The zero-order chi connectivity index (χ0) is 21.8. The van der Waals surface area contributed by atoms with E-state index >= 15 is 0 Å². The lowest BCUT2D eigenvalue weighted by molar-refractivity contribution is -0.385. The number of rotatable bonds is 8. The fourth-order valence-electron chi connectivity index (χ4n) is 3.05. The van der Waals surface area contributed by atoms with Crippen molar-refractivity contribution in [3.05, 3.63) is 61.8 Å². The molecule has 2 aromatic rings. The molecule has 1 aliphatic rings. The number of amides is 4. The number of likely N-dealkylation sites (N-methyl/N-ethyl adjacent to an activating group) is 1. The van der Waals surface area contributed by atoms with E-state index in [2.05, 4.69) is 5.32 Å². The van der Waals surface area contributed by atoms with Gasteiger partial charge in [-0.05, 0) is 24.4 Å². The van der Waals surface area contributed by atoms with E-state index in [0.29, 0.717) is 11.4 Å². The monoisotopic (exact) mass is 430 g/mol. The smallest absolute Gasteiger partial charge is 0.282 e. The second kappa shape index (κ2) is 8.82. The summed E-state index contributed by atoms with van der Waals surface area (Å²) in [6.07, 6.45) is 0. The zero-order valence-corrected chi connectivity index (χ0v) is 16.8. The van der Waals surface area contributed by atoms with Crippen LogP contribution in [-0.2, 0) is 16.1 Å². The van der Waals surface area contributed by atoms with Gasteiger partial charge in [-0.25, -0.2) is 0 Å². The Morgan fingerprint density at radius 2 is 1.97 bits per heavy atom. The Kier molecular flexibility index (Phi) is 6.21. The summed E-state index contributed by atoms with van der Waals surface area (Å²) < 4.78 is 0. The second-order valence-electron chi connectivity index (χ2n) is 6.42. The van der Waals surface area contributed by atoms with E-state index in [1.165, 1.54) is 28.4 Å². The van der Waals surface area contributed by atoms with Crippen LogP contribution in [-0.4, -0.2) is 58.0 Å². The van der Waals surface area contributed by atoms with E-state index in [1.807, 2.05) is 17.5 Å². The molecule has 4 amide bonds. The van der Waals surface area contributed by atoms with Gasteiger partial charge in [0.2, 0.25) is 11.8 Å². The molecule has 0 unspecified atom stereocenters. The average molecular weight is 430 g/mol. The molecule has 1 aliphatic heterocycles. The highest BCUT2D eigenvalue weighted by Crippen LogP contribution is 2.30. The van der Waals surface area contributed by atoms with E-state index in [0.717, 1.165) is 10.9 Å². The van der Waals surface area contributed by atoms with E-state index in [9.17, 15) is 29.3 Å². The van der Waals surface area contributed by atoms with Crippen molar-refractivity contribution in [2.24, 2.45) is 0 Å². The quantitative estimate of drug-likeness (QED) is 0.383. The molecule has 0 atom stereocenters. The van der Waals surface area contributed by atoms with Gasteiger partial charge in [0, 0.05) is 17.5 Å². The molecule has 1 aromatic heterocycles. The van der Waals surface area contributed by atoms with Gasteiger partial charge in [-0.15, -0.1) is 11.3 Å².